The van der Waals surface area contributed by atoms with Crippen LogP contribution in [0.15, 0.2) is 29.2 Å². The van der Waals surface area contributed by atoms with Gasteiger partial charge >= 0.3 is 5.97 Å². The van der Waals surface area contributed by atoms with Gasteiger partial charge in [0.25, 0.3) is 0 Å². The quantitative estimate of drug-likeness (QED) is 0.391. The summed E-state index contributed by atoms with van der Waals surface area (Å²) in [5.41, 5.74) is 1.25. The minimum atomic E-state index is -0.481. The second-order valence-corrected chi connectivity index (χ2v) is 9.12. The van der Waals surface area contributed by atoms with Gasteiger partial charge in [0.15, 0.2) is 0 Å². The molecular weight excluding hydrogens is 427 g/mol. The molecule has 0 saturated heterocycles. The molecule has 0 saturated carbocycles. The van der Waals surface area contributed by atoms with Gasteiger partial charge in [-0.05, 0) is 48.4 Å². The van der Waals surface area contributed by atoms with E-state index in [0.29, 0.717) is 42.9 Å². The smallest absolute Gasteiger partial charge is 0.341 e. The van der Waals surface area contributed by atoms with Gasteiger partial charge in [-0.2, -0.15) is 0 Å². The molecule has 0 aliphatic carbocycles. The Labute approximate surface area is 182 Å². The molecule has 1 aliphatic rings. The number of halogens is 1. The summed E-state index contributed by atoms with van der Waals surface area (Å²) in [6.45, 7) is 2.49. The van der Waals surface area contributed by atoms with Crippen LogP contribution in [0.2, 0.25) is 0 Å². The second kappa shape index (κ2) is 10.1. The molecule has 6 nitrogen and oxygen atoms in total. The number of methoxy groups -OCH3 is 1. The Hall–Kier alpha value is -2.39. The van der Waals surface area contributed by atoms with Crippen LogP contribution in [-0.2, 0) is 27.3 Å². The number of hydrogen-bond donors (Lipinski definition) is 1. The van der Waals surface area contributed by atoms with E-state index in [4.69, 9.17) is 4.74 Å². The van der Waals surface area contributed by atoms with Crippen LogP contribution < -0.4 is 5.32 Å². The third-order valence-electron chi connectivity index (χ3n) is 4.78. The first kappa shape index (κ1) is 22.3. The third kappa shape index (κ3) is 5.40. The van der Waals surface area contributed by atoms with Crippen molar-refractivity contribution in [2.24, 2.45) is 0 Å². The van der Waals surface area contributed by atoms with Crippen LogP contribution in [-0.4, -0.2) is 42.1 Å². The Morgan fingerprint density at radius 2 is 2.00 bits per heavy atom. The molecule has 1 aromatic carbocycles. The highest BCUT2D eigenvalue weighted by Crippen LogP contribution is 2.37. The summed E-state index contributed by atoms with van der Waals surface area (Å²) in [4.78, 5) is 40.0. The average molecular weight is 451 g/mol. The van der Waals surface area contributed by atoms with Gasteiger partial charge < -0.3 is 15.0 Å². The number of carbonyl (C=O) groups is 3. The fourth-order valence-electron chi connectivity index (χ4n) is 3.22. The van der Waals surface area contributed by atoms with E-state index in [1.54, 1.807) is 28.8 Å². The number of thioether (sulfide) groups is 1. The molecule has 1 aliphatic heterocycles. The van der Waals surface area contributed by atoms with Crippen molar-refractivity contribution < 1.29 is 23.5 Å². The van der Waals surface area contributed by atoms with Gasteiger partial charge in [-0.1, -0.05) is 0 Å². The molecule has 30 heavy (non-hydrogen) atoms. The number of thiophene rings is 1. The number of amides is 2. The Balaban J connectivity index is 1.60. The number of hydrogen-bond acceptors (Lipinski definition) is 6. The number of nitrogens with one attached hydrogen (secondary N) is 1. The molecule has 0 radical (unpaired) electrons. The minimum Gasteiger partial charge on any atom is -0.465 e. The lowest BCUT2D eigenvalue weighted by Crippen LogP contribution is -2.33. The summed E-state index contributed by atoms with van der Waals surface area (Å²) in [7, 11) is 1.31. The van der Waals surface area contributed by atoms with Gasteiger partial charge in [0.05, 0.1) is 19.2 Å². The maximum Gasteiger partial charge on any atom is 0.341 e. The van der Waals surface area contributed by atoms with Crippen LogP contribution in [0.3, 0.4) is 0 Å². The van der Waals surface area contributed by atoms with Crippen LogP contribution in [0.5, 0.6) is 0 Å². The molecule has 1 aromatic heterocycles. The minimum absolute atomic E-state index is 0.0158. The van der Waals surface area contributed by atoms with Crippen molar-refractivity contribution in [3.05, 3.63) is 46.1 Å². The first-order chi connectivity index (χ1) is 14.4. The standard InChI is InChI=1S/C21H23FN2O4S2/c1-13(25)24-10-9-16-17(12-24)30-20(19(16)21(27)28-2)23-18(26)4-3-11-29-15-7-5-14(22)6-8-15/h5-8H,3-4,9-12H2,1-2H3,(H,23,26). The van der Waals surface area contributed by atoms with Crippen LogP contribution in [0.1, 0.15) is 40.6 Å². The van der Waals surface area contributed by atoms with Crippen molar-refractivity contribution >= 4 is 45.9 Å². The number of ether oxygens (including phenoxy) is 1. The van der Waals surface area contributed by atoms with Gasteiger partial charge in [0, 0.05) is 29.7 Å². The van der Waals surface area contributed by atoms with Crippen LogP contribution in [0, 0.1) is 5.82 Å². The highest BCUT2D eigenvalue weighted by atomic mass is 32.2. The number of nitrogens with zero attached hydrogens (tertiary/aromatic N) is 1. The Bertz CT molecular complexity index is 943. The van der Waals surface area contributed by atoms with Crippen molar-refractivity contribution in [1.82, 2.24) is 4.90 Å². The zero-order chi connectivity index (χ0) is 21.7. The van der Waals surface area contributed by atoms with E-state index in [9.17, 15) is 18.8 Å². The molecule has 0 fully saturated rings. The summed E-state index contributed by atoms with van der Waals surface area (Å²) < 4.78 is 17.9. The lowest BCUT2D eigenvalue weighted by atomic mass is 10.0. The highest BCUT2D eigenvalue weighted by Gasteiger charge is 2.29. The first-order valence-electron chi connectivity index (χ1n) is 9.55. The molecule has 0 atom stereocenters. The lowest BCUT2D eigenvalue weighted by molar-refractivity contribution is -0.129. The maximum atomic E-state index is 12.9. The third-order valence-corrected chi connectivity index (χ3v) is 7.01. The molecule has 0 bridgehead atoms. The van der Waals surface area contributed by atoms with Gasteiger partial charge in [-0.15, -0.1) is 23.1 Å². The van der Waals surface area contributed by atoms with Crippen molar-refractivity contribution in [2.45, 2.75) is 37.6 Å². The molecule has 160 valence electrons. The van der Waals surface area contributed by atoms with E-state index in [2.05, 4.69) is 5.32 Å². The summed E-state index contributed by atoms with van der Waals surface area (Å²) >= 11 is 2.88. The molecule has 2 amide bonds. The Morgan fingerprint density at radius 1 is 1.27 bits per heavy atom. The number of carbonyl (C=O) groups excluding carboxylic acids is 3. The van der Waals surface area contributed by atoms with Gasteiger partial charge in [-0.25, -0.2) is 9.18 Å². The maximum absolute atomic E-state index is 12.9. The normalized spacial score (nSPS) is 13.0. The predicted octanol–water partition coefficient (Wildman–Crippen LogP) is 4.09. The van der Waals surface area contributed by atoms with E-state index < -0.39 is 5.97 Å². The van der Waals surface area contributed by atoms with Crippen LogP contribution >= 0.6 is 23.1 Å². The summed E-state index contributed by atoms with van der Waals surface area (Å²) in [6.07, 6.45) is 1.50. The Morgan fingerprint density at radius 3 is 2.67 bits per heavy atom. The molecule has 0 spiro atoms. The zero-order valence-electron chi connectivity index (χ0n) is 16.8. The lowest BCUT2D eigenvalue weighted by Gasteiger charge is -2.25. The molecule has 1 N–H and O–H groups in total. The van der Waals surface area contributed by atoms with E-state index in [-0.39, 0.29) is 17.6 Å². The summed E-state index contributed by atoms with van der Waals surface area (Å²) in [5.74, 6) is -0.229. The summed E-state index contributed by atoms with van der Waals surface area (Å²) in [5, 5.41) is 3.33. The second-order valence-electron chi connectivity index (χ2n) is 6.84. The molecule has 9 heteroatoms. The van der Waals surface area contributed by atoms with Gasteiger partial charge in [0.2, 0.25) is 11.8 Å². The van der Waals surface area contributed by atoms with E-state index in [1.165, 1.54) is 37.5 Å². The number of rotatable bonds is 7. The van der Waals surface area contributed by atoms with Gasteiger partial charge in [0.1, 0.15) is 10.8 Å². The monoisotopic (exact) mass is 450 g/mol. The number of esters is 1. The Kier molecular flexibility index (Phi) is 7.49. The van der Waals surface area contributed by atoms with Crippen molar-refractivity contribution in [3.8, 4) is 0 Å². The molecule has 2 aromatic rings. The fraction of sp³-hybridized carbons (Fsp3) is 0.381. The molecule has 3 rings (SSSR count). The van der Waals surface area contributed by atoms with E-state index in [1.807, 2.05) is 0 Å². The van der Waals surface area contributed by atoms with Crippen molar-refractivity contribution in [3.63, 3.8) is 0 Å². The highest BCUT2D eigenvalue weighted by molar-refractivity contribution is 7.99. The number of anilines is 1. The number of benzene rings is 1. The first-order valence-corrected chi connectivity index (χ1v) is 11.4. The average Bonchev–Trinajstić information content (AvgIpc) is 3.08. The van der Waals surface area contributed by atoms with Crippen molar-refractivity contribution in [2.75, 3.05) is 24.7 Å². The number of fused-ring (bicyclic) bond motifs is 1. The predicted molar refractivity (Wildman–Crippen MR) is 115 cm³/mol. The van der Waals surface area contributed by atoms with Gasteiger partial charge in [-0.3, -0.25) is 9.59 Å². The zero-order valence-corrected chi connectivity index (χ0v) is 18.5. The molecule has 2 heterocycles. The SMILES string of the molecule is COC(=O)c1c(NC(=O)CCCSc2ccc(F)cc2)sc2c1CCN(C(C)=O)C2. The molecular formula is C21H23FN2O4S2. The van der Waals surface area contributed by atoms with Crippen LogP contribution in [0.25, 0.3) is 0 Å². The van der Waals surface area contributed by atoms with Crippen LogP contribution in [0.4, 0.5) is 9.39 Å². The summed E-state index contributed by atoms with van der Waals surface area (Å²) in [6, 6.07) is 6.25. The fourth-order valence-corrected chi connectivity index (χ4v) is 5.34. The topological polar surface area (TPSA) is 75.7 Å². The van der Waals surface area contributed by atoms with E-state index in [0.717, 1.165) is 21.1 Å². The molecule has 0 unspecified atom stereocenters. The van der Waals surface area contributed by atoms with Crippen molar-refractivity contribution in [1.29, 1.82) is 0 Å². The van der Waals surface area contributed by atoms with E-state index >= 15 is 0 Å². The largest absolute Gasteiger partial charge is 0.465 e.